The Labute approximate surface area is 166 Å². The molecule has 0 N–H and O–H groups in total. The Balaban J connectivity index is 2.06. The van der Waals surface area contributed by atoms with Gasteiger partial charge in [-0.05, 0) is 11.6 Å². The van der Waals surface area contributed by atoms with Gasteiger partial charge in [0, 0.05) is 0 Å². The molecule has 0 aliphatic heterocycles. The lowest BCUT2D eigenvalue weighted by atomic mass is 10.4. The number of hydrogen-bond donors (Lipinski definition) is 0. The van der Waals surface area contributed by atoms with Crippen LogP contribution < -0.4 is 15.6 Å². The maximum Gasteiger partial charge on any atom is 0.121 e. The molecule has 27 heavy (non-hydrogen) atoms. The minimum atomic E-state index is -1.96. The lowest BCUT2D eigenvalue weighted by Gasteiger charge is -2.39. The van der Waals surface area contributed by atoms with Crippen molar-refractivity contribution in [2.75, 3.05) is 0 Å². The summed E-state index contributed by atoms with van der Waals surface area (Å²) in [6.45, 7) is 11.8. The molecule has 138 valence electrons. The van der Waals surface area contributed by atoms with Crippen LogP contribution in [0.2, 0.25) is 31.2 Å². The average molecular weight is 387 g/mol. The first kappa shape index (κ1) is 19.6. The van der Waals surface area contributed by atoms with Crippen molar-refractivity contribution < 1.29 is 0 Å². The normalized spacial score (nSPS) is 13.1. The first-order valence-electron chi connectivity index (χ1n) is 9.77. The van der Waals surface area contributed by atoms with Crippen LogP contribution in [0.15, 0.2) is 104 Å². The highest BCUT2D eigenvalue weighted by atomic mass is 28.3. The third-order valence-electron chi connectivity index (χ3n) is 6.06. The van der Waals surface area contributed by atoms with Gasteiger partial charge in [0.2, 0.25) is 0 Å². The molecule has 3 aromatic carbocycles. The van der Waals surface area contributed by atoms with Crippen molar-refractivity contribution in [1.29, 1.82) is 0 Å². The zero-order valence-corrected chi connectivity index (χ0v) is 18.7. The summed E-state index contributed by atoms with van der Waals surface area (Å²) in [5, 5.41) is 4.53. The Kier molecular flexibility index (Phi) is 5.98. The van der Waals surface area contributed by atoms with Gasteiger partial charge in [0.25, 0.3) is 0 Å². The van der Waals surface area contributed by atoms with Crippen molar-refractivity contribution in [3.63, 3.8) is 0 Å². The van der Waals surface area contributed by atoms with E-state index in [9.17, 15) is 0 Å². The van der Waals surface area contributed by atoms with Gasteiger partial charge in [0.15, 0.2) is 0 Å². The highest BCUT2D eigenvalue weighted by Gasteiger charge is 2.41. The van der Waals surface area contributed by atoms with Crippen LogP contribution in [-0.4, -0.2) is 16.1 Å². The molecule has 0 saturated heterocycles. The molecule has 0 bridgehead atoms. The molecule has 1 unspecified atom stereocenters. The van der Waals surface area contributed by atoms with E-state index in [0.29, 0.717) is 5.54 Å². The van der Waals surface area contributed by atoms with E-state index < -0.39 is 16.1 Å². The quantitative estimate of drug-likeness (QED) is 0.394. The van der Waals surface area contributed by atoms with E-state index in [2.05, 4.69) is 123 Å². The Hall–Kier alpha value is -2.17. The third-order valence-corrected chi connectivity index (χ3v) is 14.8. The molecule has 0 amide bonds. The van der Waals surface area contributed by atoms with Crippen LogP contribution >= 0.6 is 0 Å². The van der Waals surface area contributed by atoms with Crippen LogP contribution in [0.3, 0.4) is 0 Å². The fourth-order valence-electron chi connectivity index (χ4n) is 4.24. The van der Waals surface area contributed by atoms with Crippen molar-refractivity contribution in [3.8, 4) is 0 Å². The van der Waals surface area contributed by atoms with Crippen LogP contribution in [0, 0.1) is 0 Å². The molecule has 0 aliphatic carbocycles. The van der Waals surface area contributed by atoms with Crippen molar-refractivity contribution in [1.82, 2.24) is 0 Å². The molecule has 0 radical (unpaired) electrons. The van der Waals surface area contributed by atoms with Crippen LogP contribution in [0.25, 0.3) is 0 Å². The van der Waals surface area contributed by atoms with Crippen molar-refractivity contribution >= 4 is 31.7 Å². The zero-order valence-electron chi connectivity index (χ0n) is 16.7. The van der Waals surface area contributed by atoms with Gasteiger partial charge in [-0.3, -0.25) is 0 Å². The second-order valence-electron chi connectivity index (χ2n) is 8.23. The summed E-state index contributed by atoms with van der Waals surface area (Å²) in [7, 11) is -3.53. The number of allylic oxidation sites excluding steroid dienone is 1. The molecule has 0 aliphatic rings. The predicted octanol–water partition coefficient (Wildman–Crippen LogP) is 5.05. The monoisotopic (exact) mass is 386 g/mol. The van der Waals surface area contributed by atoms with Crippen molar-refractivity contribution in [2.24, 2.45) is 0 Å². The largest absolute Gasteiger partial charge is 0.121 e. The zero-order chi connectivity index (χ0) is 19.3. The molecule has 0 nitrogen and oxygen atoms in total. The van der Waals surface area contributed by atoms with E-state index in [1.165, 1.54) is 21.6 Å². The molecule has 3 aromatic rings. The molecular weight excluding hydrogens is 356 g/mol. The highest BCUT2D eigenvalue weighted by molar-refractivity contribution is 7.04. The third kappa shape index (κ3) is 4.07. The Morgan fingerprint density at radius 1 is 0.667 bits per heavy atom. The summed E-state index contributed by atoms with van der Waals surface area (Å²) in [6.07, 6.45) is 2.25. The van der Waals surface area contributed by atoms with Gasteiger partial charge >= 0.3 is 0 Å². The summed E-state index contributed by atoms with van der Waals surface area (Å²) in [4.78, 5) is 0. The van der Waals surface area contributed by atoms with E-state index in [1.54, 1.807) is 0 Å². The lowest BCUT2D eigenvalue weighted by molar-refractivity contribution is 1.11. The van der Waals surface area contributed by atoms with Crippen LogP contribution in [0.1, 0.15) is 0 Å². The van der Waals surface area contributed by atoms with Crippen molar-refractivity contribution in [2.45, 2.75) is 31.2 Å². The summed E-state index contributed by atoms with van der Waals surface area (Å²) >= 11 is 0. The van der Waals surface area contributed by atoms with E-state index >= 15 is 0 Å². The van der Waals surface area contributed by atoms with Gasteiger partial charge in [-0.1, -0.05) is 132 Å². The maximum absolute atomic E-state index is 4.31. The second-order valence-corrected chi connectivity index (χ2v) is 17.3. The van der Waals surface area contributed by atoms with E-state index in [0.717, 1.165) is 0 Å². The van der Waals surface area contributed by atoms with Gasteiger partial charge in [0.05, 0.1) is 8.07 Å². The summed E-state index contributed by atoms with van der Waals surface area (Å²) in [6, 6.07) is 34.6. The minimum Gasteiger partial charge on any atom is -0.103 e. The number of rotatable bonds is 7. The van der Waals surface area contributed by atoms with Gasteiger partial charge in [-0.25, -0.2) is 0 Å². The number of hydrogen-bond acceptors (Lipinski definition) is 0. The molecule has 0 spiro atoms. The van der Waals surface area contributed by atoms with Gasteiger partial charge in [0.1, 0.15) is 8.07 Å². The van der Waals surface area contributed by atoms with Gasteiger partial charge in [-0.15, -0.1) is 6.58 Å². The first-order valence-corrected chi connectivity index (χ1v) is 15.6. The lowest BCUT2D eigenvalue weighted by Crippen LogP contribution is -2.60. The van der Waals surface area contributed by atoms with Crippen LogP contribution in [-0.2, 0) is 0 Å². The van der Waals surface area contributed by atoms with E-state index in [-0.39, 0.29) is 0 Å². The Bertz CT molecular complexity index is 815. The molecule has 0 saturated carbocycles. The smallest absolute Gasteiger partial charge is 0.103 e. The van der Waals surface area contributed by atoms with E-state index in [1.807, 2.05) is 0 Å². The van der Waals surface area contributed by atoms with Gasteiger partial charge < -0.3 is 0 Å². The summed E-state index contributed by atoms with van der Waals surface area (Å²) in [5.74, 6) is 0. The molecular formula is C25H30Si2. The van der Waals surface area contributed by atoms with Crippen LogP contribution in [0.5, 0.6) is 0 Å². The fourth-order valence-corrected chi connectivity index (χ4v) is 13.4. The standard InChI is InChI=1S/C25H30Si2/c1-5-22(21-26(2,3)23-15-9-6-10-16-23)27(4,24-17-11-7-12-18-24)25-19-13-8-14-20-25/h5-20,22H,1,21H2,2-4H3. The predicted molar refractivity (Wildman–Crippen MR) is 126 cm³/mol. The molecule has 1 atom stereocenters. The fraction of sp³-hybridized carbons (Fsp3) is 0.200. The minimum absolute atomic E-state index is 0.504. The van der Waals surface area contributed by atoms with Gasteiger partial charge in [-0.2, -0.15) is 0 Å². The maximum atomic E-state index is 4.31. The first-order chi connectivity index (χ1) is 13.0. The molecule has 0 fully saturated rings. The molecule has 3 rings (SSSR count). The summed E-state index contributed by atoms with van der Waals surface area (Å²) < 4.78 is 0. The SMILES string of the molecule is C=CC(C[Si](C)(C)c1ccccc1)[Si](C)(c1ccccc1)c1ccccc1. The second kappa shape index (κ2) is 8.24. The summed E-state index contributed by atoms with van der Waals surface area (Å²) in [5.41, 5.74) is 0.504. The van der Waals surface area contributed by atoms with E-state index in [4.69, 9.17) is 0 Å². The molecule has 0 heterocycles. The highest BCUT2D eigenvalue weighted by Crippen LogP contribution is 2.32. The van der Waals surface area contributed by atoms with Crippen molar-refractivity contribution in [3.05, 3.63) is 104 Å². The van der Waals surface area contributed by atoms with Crippen LogP contribution in [0.4, 0.5) is 0 Å². The average Bonchev–Trinajstić information content (AvgIpc) is 2.73. The number of benzene rings is 3. The Morgan fingerprint density at radius 3 is 1.41 bits per heavy atom. The Morgan fingerprint density at radius 2 is 1.04 bits per heavy atom. The molecule has 0 aromatic heterocycles. The molecule has 2 heteroatoms. The topological polar surface area (TPSA) is 0 Å².